The second-order valence-corrected chi connectivity index (χ2v) is 6.34. The molecule has 0 saturated carbocycles. The fourth-order valence-electron chi connectivity index (χ4n) is 2.72. The molecule has 0 heterocycles. The second-order valence-electron chi connectivity index (χ2n) is 6.34. The number of nitrogens with one attached hydrogen (secondary N) is 1. The van der Waals surface area contributed by atoms with Crippen molar-refractivity contribution in [2.24, 2.45) is 5.92 Å². The number of aryl methyl sites for hydroxylation is 2. The van der Waals surface area contributed by atoms with Gasteiger partial charge in [-0.1, -0.05) is 67.9 Å². The molecule has 21 heavy (non-hydrogen) atoms. The Balaban J connectivity index is 2.27. The van der Waals surface area contributed by atoms with Gasteiger partial charge in [0.1, 0.15) is 0 Å². The molecule has 0 aliphatic carbocycles. The fourth-order valence-corrected chi connectivity index (χ4v) is 2.72. The molecule has 0 amide bonds. The zero-order valence-electron chi connectivity index (χ0n) is 13.7. The average Bonchev–Trinajstić information content (AvgIpc) is 2.45. The maximum absolute atomic E-state index is 3.74. The van der Waals surface area contributed by atoms with Gasteiger partial charge in [-0.15, -0.1) is 0 Å². The van der Waals surface area contributed by atoms with Crippen molar-refractivity contribution in [1.29, 1.82) is 0 Å². The lowest BCUT2D eigenvalue weighted by Crippen LogP contribution is -2.25. The average molecular weight is 281 g/mol. The van der Waals surface area contributed by atoms with E-state index in [0.717, 1.165) is 12.5 Å². The normalized spacial score (nSPS) is 12.6. The van der Waals surface area contributed by atoms with Crippen molar-refractivity contribution in [3.8, 4) is 0 Å². The molecule has 112 valence electrons. The molecule has 2 rings (SSSR count). The first-order valence-corrected chi connectivity index (χ1v) is 7.93. The highest BCUT2D eigenvalue weighted by Crippen LogP contribution is 2.25. The Morgan fingerprint density at radius 2 is 1.67 bits per heavy atom. The summed E-state index contributed by atoms with van der Waals surface area (Å²) >= 11 is 0. The Bertz CT molecular complexity index is 557. The summed E-state index contributed by atoms with van der Waals surface area (Å²) in [5.74, 6) is 0.730. The number of hydrogen-bond donors (Lipinski definition) is 1. The van der Waals surface area contributed by atoms with Crippen LogP contribution in [0.4, 0.5) is 0 Å². The molecule has 1 unspecified atom stereocenters. The summed E-state index contributed by atoms with van der Waals surface area (Å²) in [7, 11) is 0. The van der Waals surface area contributed by atoms with Crippen LogP contribution in [0.3, 0.4) is 0 Å². The van der Waals surface area contributed by atoms with Crippen LogP contribution in [0.15, 0.2) is 48.5 Å². The Labute approximate surface area is 129 Å². The maximum atomic E-state index is 3.74. The molecule has 1 atom stereocenters. The summed E-state index contributed by atoms with van der Waals surface area (Å²) in [6, 6.07) is 17.8. The van der Waals surface area contributed by atoms with Gasteiger partial charge in [-0.2, -0.15) is 0 Å². The summed E-state index contributed by atoms with van der Waals surface area (Å²) < 4.78 is 0. The second kappa shape index (κ2) is 7.42. The van der Waals surface area contributed by atoms with E-state index in [1.807, 2.05) is 0 Å². The van der Waals surface area contributed by atoms with Gasteiger partial charge in [-0.05, 0) is 49.4 Å². The molecular formula is C20H27N. The molecule has 1 nitrogen and oxygen atoms in total. The quantitative estimate of drug-likeness (QED) is 0.783. The van der Waals surface area contributed by atoms with Crippen LogP contribution in [0.5, 0.6) is 0 Å². The highest BCUT2D eigenvalue weighted by Gasteiger charge is 2.15. The van der Waals surface area contributed by atoms with E-state index in [-0.39, 0.29) is 6.04 Å². The minimum atomic E-state index is 0.283. The molecule has 0 fully saturated rings. The molecule has 0 saturated heterocycles. The molecule has 0 radical (unpaired) electrons. The van der Waals surface area contributed by atoms with Gasteiger partial charge in [0.25, 0.3) is 0 Å². The van der Waals surface area contributed by atoms with Crippen molar-refractivity contribution in [2.75, 3.05) is 6.54 Å². The first kappa shape index (κ1) is 15.8. The molecule has 1 heteroatoms. The highest BCUT2D eigenvalue weighted by atomic mass is 14.9. The molecule has 2 aromatic rings. The molecule has 0 aliphatic heterocycles. The number of benzene rings is 2. The topological polar surface area (TPSA) is 12.0 Å². The molecule has 0 aliphatic rings. The summed E-state index contributed by atoms with van der Waals surface area (Å²) in [6.45, 7) is 9.96. The molecule has 2 aromatic carbocycles. The van der Waals surface area contributed by atoms with Crippen LogP contribution in [-0.2, 0) is 0 Å². The molecule has 0 spiro atoms. The van der Waals surface area contributed by atoms with Gasteiger partial charge >= 0.3 is 0 Å². The van der Waals surface area contributed by atoms with E-state index < -0.39 is 0 Å². The van der Waals surface area contributed by atoms with Crippen LogP contribution in [-0.4, -0.2) is 6.54 Å². The standard InChI is InChI=1S/C20H27N/c1-15(2)12-13-21-20(18-8-6-5-7-9-18)19-11-10-16(3)14-17(19)4/h5-11,14-15,20-21H,12-13H2,1-4H3. The van der Waals surface area contributed by atoms with Gasteiger partial charge in [0.2, 0.25) is 0 Å². The van der Waals surface area contributed by atoms with E-state index >= 15 is 0 Å². The van der Waals surface area contributed by atoms with Crippen molar-refractivity contribution < 1.29 is 0 Å². The van der Waals surface area contributed by atoms with Crippen LogP contribution < -0.4 is 5.32 Å². The maximum Gasteiger partial charge on any atom is 0.0579 e. The van der Waals surface area contributed by atoms with Gasteiger partial charge < -0.3 is 5.32 Å². The van der Waals surface area contributed by atoms with E-state index in [0.29, 0.717) is 0 Å². The van der Waals surface area contributed by atoms with Crippen LogP contribution >= 0.6 is 0 Å². The predicted octanol–water partition coefficient (Wildman–Crippen LogP) is 5.03. The Kier molecular flexibility index (Phi) is 5.58. The van der Waals surface area contributed by atoms with Crippen LogP contribution in [0.25, 0.3) is 0 Å². The van der Waals surface area contributed by atoms with Gasteiger partial charge in [0, 0.05) is 0 Å². The van der Waals surface area contributed by atoms with E-state index in [4.69, 9.17) is 0 Å². The van der Waals surface area contributed by atoms with Crippen molar-refractivity contribution in [3.05, 3.63) is 70.8 Å². The lowest BCUT2D eigenvalue weighted by Gasteiger charge is -2.22. The Morgan fingerprint density at radius 3 is 2.29 bits per heavy atom. The van der Waals surface area contributed by atoms with Crippen molar-refractivity contribution >= 4 is 0 Å². The van der Waals surface area contributed by atoms with Gasteiger partial charge in [-0.3, -0.25) is 0 Å². The SMILES string of the molecule is Cc1ccc(C(NCCC(C)C)c2ccccc2)c(C)c1. The summed E-state index contributed by atoms with van der Waals surface area (Å²) in [4.78, 5) is 0. The Morgan fingerprint density at radius 1 is 0.952 bits per heavy atom. The molecule has 1 N–H and O–H groups in total. The molecule has 0 aromatic heterocycles. The van der Waals surface area contributed by atoms with E-state index in [2.05, 4.69) is 81.5 Å². The van der Waals surface area contributed by atoms with Crippen molar-refractivity contribution in [3.63, 3.8) is 0 Å². The smallest absolute Gasteiger partial charge is 0.0579 e. The third-order valence-corrected chi connectivity index (χ3v) is 3.94. The minimum absolute atomic E-state index is 0.283. The van der Waals surface area contributed by atoms with Gasteiger partial charge in [0.15, 0.2) is 0 Å². The third-order valence-electron chi connectivity index (χ3n) is 3.94. The zero-order valence-corrected chi connectivity index (χ0v) is 13.7. The van der Waals surface area contributed by atoms with E-state index in [1.165, 1.54) is 28.7 Å². The highest BCUT2D eigenvalue weighted by molar-refractivity contribution is 5.38. The number of hydrogen-bond acceptors (Lipinski definition) is 1. The summed E-state index contributed by atoms with van der Waals surface area (Å²) in [5.41, 5.74) is 5.41. The van der Waals surface area contributed by atoms with E-state index in [9.17, 15) is 0 Å². The van der Waals surface area contributed by atoms with E-state index in [1.54, 1.807) is 0 Å². The van der Waals surface area contributed by atoms with Gasteiger partial charge in [-0.25, -0.2) is 0 Å². The Hall–Kier alpha value is -1.60. The van der Waals surface area contributed by atoms with Crippen molar-refractivity contribution in [2.45, 2.75) is 40.2 Å². The predicted molar refractivity (Wildman–Crippen MR) is 91.7 cm³/mol. The lowest BCUT2D eigenvalue weighted by atomic mass is 9.93. The van der Waals surface area contributed by atoms with Crippen LogP contribution in [0, 0.1) is 19.8 Å². The summed E-state index contributed by atoms with van der Waals surface area (Å²) in [5, 5.41) is 3.74. The number of rotatable bonds is 6. The lowest BCUT2D eigenvalue weighted by molar-refractivity contribution is 0.509. The van der Waals surface area contributed by atoms with Crippen LogP contribution in [0.2, 0.25) is 0 Å². The minimum Gasteiger partial charge on any atom is -0.306 e. The van der Waals surface area contributed by atoms with Crippen LogP contribution in [0.1, 0.15) is 48.6 Å². The van der Waals surface area contributed by atoms with Crippen molar-refractivity contribution in [1.82, 2.24) is 5.32 Å². The first-order valence-electron chi connectivity index (χ1n) is 7.93. The summed E-state index contributed by atoms with van der Waals surface area (Å²) in [6.07, 6.45) is 1.20. The third kappa shape index (κ3) is 4.44. The monoisotopic (exact) mass is 281 g/mol. The van der Waals surface area contributed by atoms with Gasteiger partial charge in [0.05, 0.1) is 6.04 Å². The largest absolute Gasteiger partial charge is 0.306 e. The fraction of sp³-hybridized carbons (Fsp3) is 0.400. The zero-order chi connectivity index (χ0) is 15.2. The molecular weight excluding hydrogens is 254 g/mol. The molecule has 0 bridgehead atoms. The first-order chi connectivity index (χ1) is 10.1.